The lowest BCUT2D eigenvalue weighted by Crippen LogP contribution is -2.66. The van der Waals surface area contributed by atoms with Gasteiger partial charge in [-0.1, -0.05) is 6.07 Å². The molecule has 3 aliphatic rings. The third-order valence-electron chi connectivity index (χ3n) is 7.76. The minimum Gasteiger partial charge on any atom is -0.493 e. The summed E-state index contributed by atoms with van der Waals surface area (Å²) in [6, 6.07) is 5.28. The van der Waals surface area contributed by atoms with Gasteiger partial charge in [0, 0.05) is 0 Å². The summed E-state index contributed by atoms with van der Waals surface area (Å²) in [6.07, 6.45) is -20.5. The van der Waals surface area contributed by atoms with Crippen molar-refractivity contribution >= 4 is 0 Å². The number of ether oxygens (including phenoxy) is 8. The van der Waals surface area contributed by atoms with E-state index in [0.29, 0.717) is 17.9 Å². The molecule has 0 aromatic heterocycles. The van der Waals surface area contributed by atoms with Crippen molar-refractivity contribution in [3.05, 3.63) is 23.8 Å². The van der Waals surface area contributed by atoms with E-state index in [2.05, 4.69) is 0 Å². The van der Waals surface area contributed by atoms with E-state index >= 15 is 0 Å². The molecule has 3 heterocycles. The molecule has 1 aromatic rings. The molecule has 14 atom stereocenters. The van der Waals surface area contributed by atoms with Gasteiger partial charge >= 0.3 is 0 Å². The zero-order valence-electron chi connectivity index (χ0n) is 24.0. The lowest BCUT2D eigenvalue weighted by Gasteiger charge is -2.48. The van der Waals surface area contributed by atoms with Crippen LogP contribution in [-0.4, -0.2) is 161 Å². The Morgan fingerprint density at radius 3 is 2.09 bits per heavy atom. The number of hydrogen-bond acceptors (Lipinski definition) is 16. The van der Waals surface area contributed by atoms with Crippen molar-refractivity contribution in [2.75, 3.05) is 34.0 Å². The Kier molecular flexibility index (Phi) is 11.9. The number of aliphatic hydroxyl groups is 8. The number of methoxy groups -OCH3 is 2. The van der Waals surface area contributed by atoms with E-state index in [1.54, 1.807) is 18.2 Å². The Morgan fingerprint density at radius 1 is 0.744 bits per heavy atom. The predicted octanol–water partition coefficient (Wildman–Crippen LogP) is -3.62. The molecular formula is C27H42O16. The van der Waals surface area contributed by atoms with Gasteiger partial charge in [-0.25, -0.2) is 0 Å². The summed E-state index contributed by atoms with van der Waals surface area (Å²) < 4.78 is 45.1. The molecule has 0 unspecified atom stereocenters. The molecule has 246 valence electrons. The minimum absolute atomic E-state index is 0.0148. The SMILES string of the molecule is COc1ccc(CCO[C@@H]2O[C@H](CO)[C@@H](O)[C@H](O[C@@H]3O[C@@H](C)[C@H](O)[C@@H](O)[C@H]3O)[C@H]2O[C@@H]2OC[C@H](O)[C@H](O)[C@H]2O)cc1OC. The van der Waals surface area contributed by atoms with Gasteiger partial charge in [-0.3, -0.25) is 0 Å². The van der Waals surface area contributed by atoms with E-state index in [9.17, 15) is 40.9 Å². The van der Waals surface area contributed by atoms with Crippen LogP contribution in [0.4, 0.5) is 0 Å². The van der Waals surface area contributed by atoms with E-state index in [4.69, 9.17) is 37.9 Å². The highest BCUT2D eigenvalue weighted by molar-refractivity contribution is 5.42. The first kappa shape index (κ1) is 34.1. The molecule has 0 radical (unpaired) electrons. The van der Waals surface area contributed by atoms with Crippen LogP contribution in [0.3, 0.4) is 0 Å². The molecule has 3 saturated heterocycles. The fourth-order valence-corrected chi connectivity index (χ4v) is 5.14. The van der Waals surface area contributed by atoms with Gasteiger partial charge in [-0.2, -0.15) is 0 Å². The molecule has 0 aliphatic carbocycles. The van der Waals surface area contributed by atoms with E-state index in [1.165, 1.54) is 21.1 Å². The van der Waals surface area contributed by atoms with Gasteiger partial charge < -0.3 is 78.7 Å². The first-order valence-electron chi connectivity index (χ1n) is 13.9. The second-order valence-electron chi connectivity index (χ2n) is 10.7. The summed E-state index contributed by atoms with van der Waals surface area (Å²) in [4.78, 5) is 0. The van der Waals surface area contributed by atoms with Gasteiger partial charge in [0.1, 0.15) is 61.0 Å². The molecule has 16 heteroatoms. The molecule has 0 spiro atoms. The molecule has 0 amide bonds. The zero-order valence-corrected chi connectivity index (χ0v) is 24.0. The fraction of sp³-hybridized carbons (Fsp3) is 0.778. The molecule has 0 bridgehead atoms. The van der Waals surface area contributed by atoms with E-state index in [-0.39, 0.29) is 13.2 Å². The summed E-state index contributed by atoms with van der Waals surface area (Å²) in [6.45, 7) is 0.393. The van der Waals surface area contributed by atoms with Gasteiger partial charge in [-0.15, -0.1) is 0 Å². The highest BCUT2D eigenvalue weighted by Gasteiger charge is 2.53. The van der Waals surface area contributed by atoms with Gasteiger partial charge in [0.05, 0.1) is 40.1 Å². The topological polar surface area (TPSA) is 236 Å². The molecule has 1 aromatic carbocycles. The lowest BCUT2D eigenvalue weighted by atomic mass is 9.96. The Hall–Kier alpha value is -1.74. The molecular weight excluding hydrogens is 580 g/mol. The summed E-state index contributed by atoms with van der Waals surface area (Å²) in [5, 5.41) is 82.5. The Balaban J connectivity index is 1.57. The molecule has 43 heavy (non-hydrogen) atoms. The number of hydrogen-bond donors (Lipinski definition) is 8. The summed E-state index contributed by atoms with van der Waals surface area (Å²) in [5.74, 6) is 1.04. The van der Waals surface area contributed by atoms with Gasteiger partial charge in [0.25, 0.3) is 0 Å². The number of benzene rings is 1. The quantitative estimate of drug-likeness (QED) is 0.119. The van der Waals surface area contributed by atoms with Gasteiger partial charge in [-0.05, 0) is 31.0 Å². The standard InChI is InChI=1S/C27H42O16/c1-11-17(30)20(33)22(35)26(40-11)42-23-19(32)16(9-28)41-27(24(23)43-25-21(34)18(31)13(29)10-39-25)38-7-6-12-4-5-14(36-2)15(8-12)37-3/h4-5,8,11,13,16-35H,6-7,9-10H2,1-3H3/t11-,13-,16+,17-,18-,19+,20+,21+,22+,23-,24+,25-,26-,27+/m0/s1. The number of aliphatic hydroxyl groups excluding tert-OH is 8. The van der Waals surface area contributed by atoms with Crippen LogP contribution in [-0.2, 0) is 34.8 Å². The highest BCUT2D eigenvalue weighted by atomic mass is 16.8. The zero-order chi connectivity index (χ0) is 31.4. The Labute approximate surface area is 247 Å². The second-order valence-corrected chi connectivity index (χ2v) is 10.7. The van der Waals surface area contributed by atoms with Crippen molar-refractivity contribution in [3.63, 3.8) is 0 Å². The van der Waals surface area contributed by atoms with Crippen LogP contribution >= 0.6 is 0 Å². The van der Waals surface area contributed by atoms with Crippen molar-refractivity contribution in [3.8, 4) is 11.5 Å². The predicted molar refractivity (Wildman–Crippen MR) is 141 cm³/mol. The maximum atomic E-state index is 11.1. The molecule has 0 saturated carbocycles. The van der Waals surface area contributed by atoms with Gasteiger partial charge in [0.2, 0.25) is 0 Å². The first-order chi connectivity index (χ1) is 20.5. The van der Waals surface area contributed by atoms with Crippen molar-refractivity contribution in [1.29, 1.82) is 0 Å². The Bertz CT molecular complexity index is 1020. The fourth-order valence-electron chi connectivity index (χ4n) is 5.14. The normalized spacial score (nSPS) is 42.0. The van der Waals surface area contributed by atoms with E-state index in [1.807, 2.05) is 0 Å². The monoisotopic (exact) mass is 622 g/mol. The maximum absolute atomic E-state index is 11.1. The van der Waals surface area contributed by atoms with Crippen LogP contribution in [0, 0.1) is 0 Å². The van der Waals surface area contributed by atoms with Crippen LogP contribution in [0.25, 0.3) is 0 Å². The third-order valence-corrected chi connectivity index (χ3v) is 7.76. The van der Waals surface area contributed by atoms with Gasteiger partial charge in [0.15, 0.2) is 30.4 Å². The summed E-state index contributed by atoms with van der Waals surface area (Å²) >= 11 is 0. The van der Waals surface area contributed by atoms with Crippen LogP contribution in [0.1, 0.15) is 12.5 Å². The molecule has 3 aliphatic heterocycles. The molecule has 8 N–H and O–H groups in total. The van der Waals surface area contributed by atoms with E-state index < -0.39 is 92.6 Å². The maximum Gasteiger partial charge on any atom is 0.187 e. The minimum atomic E-state index is -1.74. The van der Waals surface area contributed by atoms with E-state index in [0.717, 1.165) is 5.56 Å². The van der Waals surface area contributed by atoms with Crippen molar-refractivity contribution in [1.82, 2.24) is 0 Å². The second kappa shape index (κ2) is 15.0. The van der Waals surface area contributed by atoms with Crippen LogP contribution in [0.5, 0.6) is 11.5 Å². The highest BCUT2D eigenvalue weighted by Crippen LogP contribution is 2.33. The van der Waals surface area contributed by atoms with Crippen molar-refractivity contribution in [2.45, 2.75) is 99.4 Å². The molecule has 3 fully saturated rings. The van der Waals surface area contributed by atoms with Crippen LogP contribution < -0.4 is 9.47 Å². The first-order valence-corrected chi connectivity index (χ1v) is 13.9. The largest absolute Gasteiger partial charge is 0.493 e. The smallest absolute Gasteiger partial charge is 0.187 e. The van der Waals surface area contributed by atoms with Crippen molar-refractivity contribution in [2.24, 2.45) is 0 Å². The average molecular weight is 623 g/mol. The Morgan fingerprint density at radius 2 is 1.42 bits per heavy atom. The van der Waals surface area contributed by atoms with Crippen LogP contribution in [0.2, 0.25) is 0 Å². The average Bonchev–Trinajstić information content (AvgIpc) is 3.01. The third kappa shape index (κ3) is 7.57. The summed E-state index contributed by atoms with van der Waals surface area (Å²) in [7, 11) is 3.01. The molecule has 16 nitrogen and oxygen atoms in total. The van der Waals surface area contributed by atoms with Crippen molar-refractivity contribution < 1.29 is 78.7 Å². The summed E-state index contributed by atoms with van der Waals surface area (Å²) in [5.41, 5.74) is 0.806. The molecule has 4 rings (SSSR count). The van der Waals surface area contributed by atoms with Crippen LogP contribution in [0.15, 0.2) is 18.2 Å². The lowest BCUT2D eigenvalue weighted by molar-refractivity contribution is -0.385. The number of rotatable bonds is 11.